The van der Waals surface area contributed by atoms with E-state index in [1.165, 1.54) is 32.0 Å². The summed E-state index contributed by atoms with van der Waals surface area (Å²) in [5.74, 6) is -14.0. The summed E-state index contributed by atoms with van der Waals surface area (Å²) in [4.78, 5) is 128. The fourth-order valence-corrected chi connectivity index (χ4v) is 9.55. The Morgan fingerprint density at radius 3 is 2.19 bits per heavy atom. The highest BCUT2D eigenvalue weighted by molar-refractivity contribution is 7.85. The zero-order chi connectivity index (χ0) is 46.4. The predicted molar refractivity (Wildman–Crippen MR) is 222 cm³/mol. The van der Waals surface area contributed by atoms with Crippen LogP contribution in [-0.4, -0.2) is 149 Å². The smallest absolute Gasteiger partial charge is 0.304 e. The van der Waals surface area contributed by atoms with Crippen molar-refractivity contribution in [1.82, 2.24) is 36.5 Å². The Morgan fingerprint density at radius 2 is 1.54 bits per heavy atom. The van der Waals surface area contributed by atoms with Gasteiger partial charge in [0, 0.05) is 49.1 Å². The fourth-order valence-electron chi connectivity index (χ4n) is 8.12. The third-order valence-electron chi connectivity index (χ3n) is 12.1. The Kier molecular flexibility index (Phi) is 15.8. The number of aromatic nitrogens is 1. The molecule has 63 heavy (non-hydrogen) atoms. The van der Waals surface area contributed by atoms with Crippen LogP contribution < -0.4 is 26.6 Å². The maximum Gasteiger partial charge on any atom is 0.304 e. The first-order valence-electron chi connectivity index (χ1n) is 20.8. The number of aromatic hydroxyl groups is 1. The minimum Gasteiger partial charge on any atom is -0.508 e. The lowest BCUT2D eigenvalue weighted by Gasteiger charge is -2.32. The lowest BCUT2D eigenvalue weighted by Crippen LogP contribution is -2.56. The first-order chi connectivity index (χ1) is 29.7. The van der Waals surface area contributed by atoms with Crippen molar-refractivity contribution >= 4 is 74.7 Å². The highest BCUT2D eigenvalue weighted by atomic mass is 32.2. The van der Waals surface area contributed by atoms with E-state index in [4.69, 9.17) is 0 Å². The Hall–Kier alpha value is -5.74. The average Bonchev–Trinajstić information content (AvgIpc) is 3.80. The molecule has 4 heterocycles. The van der Waals surface area contributed by atoms with Crippen molar-refractivity contribution in [2.45, 2.75) is 108 Å². The lowest BCUT2D eigenvalue weighted by atomic mass is 9.86. The number of benzene rings is 1. The van der Waals surface area contributed by atoms with Crippen LogP contribution in [0.5, 0.6) is 5.75 Å². The molecule has 344 valence electrons. The standard InChI is InChI=1S/C41H55N7O14S/c1-5-18(2)35-39(60)43-14-32(54)44-28-17-63(62)40-26(25-7-6-23(50)12-27(25)45-40)8-21(37(58)42-15-33(55)46-35)9-31(53)36(19(3)20(4)49)47-38(59)29-13-24(51)16-48(29)41(61)22(10-30(28)52)11-34(56)57/h6-7,12,18-22,24,28-29,35-36,45,49-51H,5,8-11,13-17H2,1-4H3,(H,42,58)(H,43,60)(H,44,54)(H,46,55)(H,47,59)(H,56,57)/t18-,19-,20-,21+,22-,24+,28-,29-,35-,36-,63?/m0/s1. The van der Waals surface area contributed by atoms with Crippen molar-refractivity contribution < 1.29 is 67.8 Å². The number of hydrogen-bond acceptors (Lipinski definition) is 13. The number of rotatable bonds is 6. The summed E-state index contributed by atoms with van der Waals surface area (Å²) in [6.07, 6.45) is -5.28. The topological polar surface area (TPSA) is 331 Å². The number of carbonyl (C=O) groups is 9. The van der Waals surface area contributed by atoms with Gasteiger partial charge in [-0.05, 0) is 37.0 Å². The minimum atomic E-state index is -2.31. The van der Waals surface area contributed by atoms with Gasteiger partial charge in [-0.1, -0.05) is 27.2 Å². The van der Waals surface area contributed by atoms with E-state index in [1.807, 2.05) is 0 Å². The van der Waals surface area contributed by atoms with E-state index in [1.54, 1.807) is 13.8 Å². The minimum absolute atomic E-state index is 0.0909. The first kappa shape index (κ1) is 48.3. The van der Waals surface area contributed by atoms with Crippen LogP contribution >= 0.6 is 0 Å². The lowest BCUT2D eigenvalue weighted by molar-refractivity contribution is -0.148. The number of carboxylic acids is 1. The molecular formula is C41H55N7O14S. The molecule has 2 bridgehead atoms. The summed E-state index contributed by atoms with van der Waals surface area (Å²) >= 11 is 0. The summed E-state index contributed by atoms with van der Waals surface area (Å²) in [7, 11) is -2.31. The van der Waals surface area contributed by atoms with E-state index in [0.717, 1.165) is 4.90 Å². The van der Waals surface area contributed by atoms with Crippen molar-refractivity contribution in [3.63, 3.8) is 0 Å². The van der Waals surface area contributed by atoms with Gasteiger partial charge in [0.05, 0.1) is 71.8 Å². The number of phenols is 1. The number of nitrogens with one attached hydrogen (secondary N) is 6. The van der Waals surface area contributed by atoms with Crippen molar-refractivity contribution in [3.05, 3.63) is 23.8 Å². The third-order valence-corrected chi connectivity index (χ3v) is 13.5. The number of aliphatic carboxylic acids is 1. The van der Waals surface area contributed by atoms with E-state index < -0.39 is 168 Å². The molecule has 21 nitrogen and oxygen atoms in total. The van der Waals surface area contributed by atoms with Gasteiger partial charge in [0.1, 0.15) is 22.9 Å². The van der Waals surface area contributed by atoms with Crippen LogP contribution in [0.3, 0.4) is 0 Å². The predicted octanol–water partition coefficient (Wildman–Crippen LogP) is -2.11. The molecule has 1 aromatic heterocycles. The summed E-state index contributed by atoms with van der Waals surface area (Å²) in [5.41, 5.74) is 0.409. The number of amides is 6. The monoisotopic (exact) mass is 901 g/mol. The molecule has 0 saturated carbocycles. The van der Waals surface area contributed by atoms with Crippen LogP contribution in [-0.2, 0) is 60.4 Å². The maximum absolute atomic E-state index is 14.6. The van der Waals surface area contributed by atoms with Gasteiger partial charge in [0.25, 0.3) is 0 Å². The van der Waals surface area contributed by atoms with Crippen LogP contribution in [0.15, 0.2) is 23.2 Å². The number of aromatic amines is 1. The van der Waals surface area contributed by atoms with Gasteiger partial charge in [-0.3, -0.25) is 47.4 Å². The second kappa shape index (κ2) is 20.6. The van der Waals surface area contributed by atoms with Crippen LogP contribution in [0.1, 0.15) is 65.4 Å². The molecule has 5 rings (SSSR count). The number of aliphatic hydroxyl groups excluding tert-OH is 2. The molecule has 3 aliphatic rings. The number of aliphatic hydroxyl groups is 2. The molecule has 0 aliphatic carbocycles. The van der Waals surface area contributed by atoms with Gasteiger partial charge in [-0.15, -0.1) is 0 Å². The number of Topliss-reactive ketones (excluding diaryl/α,β-unsaturated/α-hetero) is 2. The molecule has 1 fully saturated rings. The Morgan fingerprint density at radius 1 is 0.873 bits per heavy atom. The number of ketones is 2. The van der Waals surface area contributed by atoms with E-state index >= 15 is 0 Å². The molecular weight excluding hydrogens is 847 g/mol. The average molecular weight is 902 g/mol. The summed E-state index contributed by atoms with van der Waals surface area (Å²) in [6, 6.07) is -1.82. The van der Waals surface area contributed by atoms with Crippen molar-refractivity contribution in [1.29, 1.82) is 0 Å². The third kappa shape index (κ3) is 11.6. The molecule has 0 radical (unpaired) electrons. The second-order valence-corrected chi connectivity index (χ2v) is 18.1. The van der Waals surface area contributed by atoms with Crippen LogP contribution in [0.4, 0.5) is 0 Å². The number of H-pyrrole nitrogens is 1. The molecule has 3 aliphatic heterocycles. The van der Waals surface area contributed by atoms with Gasteiger partial charge in [0.15, 0.2) is 11.6 Å². The number of carboxylic acid groups (broad SMARTS) is 1. The van der Waals surface area contributed by atoms with Gasteiger partial charge in [0.2, 0.25) is 35.4 Å². The van der Waals surface area contributed by atoms with E-state index in [9.17, 15) is 67.8 Å². The van der Waals surface area contributed by atoms with Gasteiger partial charge in [-0.2, -0.15) is 0 Å². The molecule has 1 unspecified atom stereocenters. The van der Waals surface area contributed by atoms with Gasteiger partial charge < -0.3 is 56.9 Å². The summed E-state index contributed by atoms with van der Waals surface area (Å²) < 4.78 is 14.6. The summed E-state index contributed by atoms with van der Waals surface area (Å²) in [5, 5.41) is 54.4. The van der Waals surface area contributed by atoms with Crippen molar-refractivity contribution in [3.8, 4) is 5.75 Å². The highest BCUT2D eigenvalue weighted by Gasteiger charge is 2.45. The molecule has 0 spiro atoms. The number of hydrogen-bond donors (Lipinski definition) is 10. The van der Waals surface area contributed by atoms with Crippen molar-refractivity contribution in [2.75, 3.05) is 25.4 Å². The fraction of sp³-hybridized carbons (Fsp3) is 0.585. The van der Waals surface area contributed by atoms with Crippen LogP contribution in [0.25, 0.3) is 10.9 Å². The molecule has 10 N–H and O–H groups in total. The molecule has 22 heteroatoms. The van der Waals surface area contributed by atoms with E-state index in [2.05, 4.69) is 31.6 Å². The summed E-state index contributed by atoms with van der Waals surface area (Å²) in [6.45, 7) is 4.38. The normalized spacial score (nSPS) is 29.0. The van der Waals surface area contributed by atoms with E-state index in [0.29, 0.717) is 11.8 Å². The van der Waals surface area contributed by atoms with Crippen LogP contribution in [0.2, 0.25) is 0 Å². The Labute approximate surface area is 364 Å². The largest absolute Gasteiger partial charge is 0.508 e. The van der Waals surface area contributed by atoms with Gasteiger partial charge >= 0.3 is 5.97 Å². The van der Waals surface area contributed by atoms with E-state index in [-0.39, 0.29) is 34.7 Å². The second-order valence-electron chi connectivity index (χ2n) is 16.7. The number of nitrogens with zero attached hydrogens (tertiary/aromatic N) is 1. The SMILES string of the molecule is CC[C@H](C)[C@@H]1NC(=O)CNC(=O)[C@H]2CC(=O)[C@H]([C@@H](C)[C@H](C)O)NC(=O)[C@@H]3C[C@@H](O)CN3C(=O)[C@H](CC(=O)O)CC(=O)[C@H](CS(=O)c3[nH]c4cc(O)ccc4c3C2)NC(=O)CNC1=O. The number of phenolic OH excluding ortho intramolecular Hbond substituents is 1. The molecule has 2 aromatic rings. The quantitative estimate of drug-likeness (QED) is 0.148. The van der Waals surface area contributed by atoms with Gasteiger partial charge in [-0.25, -0.2) is 0 Å². The zero-order valence-electron chi connectivity index (χ0n) is 35.3. The molecule has 1 aromatic carbocycles. The maximum atomic E-state index is 14.6. The van der Waals surface area contributed by atoms with Crippen LogP contribution in [0, 0.1) is 23.7 Å². The molecule has 6 amide bonds. The Balaban J connectivity index is 1.73. The number of carbonyl (C=O) groups excluding carboxylic acids is 8. The number of fused-ring (bicyclic) bond motifs is 5. The first-order valence-corrected chi connectivity index (χ1v) is 22.1. The van der Waals surface area contributed by atoms with Crippen molar-refractivity contribution in [2.24, 2.45) is 23.7 Å². The Bertz CT molecular complexity index is 2180. The highest BCUT2D eigenvalue weighted by Crippen LogP contribution is 2.32. The molecule has 1 saturated heterocycles. The zero-order valence-corrected chi connectivity index (χ0v) is 36.1. The molecule has 11 atom stereocenters.